The number of alkyl halides is 3. The first-order chi connectivity index (χ1) is 5.87. The molecule has 1 aromatic rings. The maximum Gasteiger partial charge on any atom is 0.186 e. The summed E-state index contributed by atoms with van der Waals surface area (Å²) in [5.41, 5.74) is -1.23. The van der Waals surface area contributed by atoms with Crippen LogP contribution in [0.1, 0.15) is 5.56 Å². The minimum atomic E-state index is -1.68. The minimum Gasteiger partial charge on any atom is -0.374 e. The molecule has 1 atom stereocenters. The molecule has 1 N–H and O–H groups in total. The molecule has 1 aromatic heterocycles. The Morgan fingerprint density at radius 1 is 1.38 bits per heavy atom. The standard InChI is InChI=1S/C6H3Cl5OS/c7-2-1-13-4(8)3(2)6(10,11)5(9)12/h1,5,12H. The molecule has 7 heteroatoms. The van der Waals surface area contributed by atoms with Gasteiger partial charge in [-0.2, -0.15) is 0 Å². The Bertz CT molecular complexity index is 288. The van der Waals surface area contributed by atoms with E-state index in [0.29, 0.717) is 9.36 Å². The summed E-state index contributed by atoms with van der Waals surface area (Å²) < 4.78 is -1.37. The van der Waals surface area contributed by atoms with E-state index in [9.17, 15) is 0 Å². The highest BCUT2D eigenvalue weighted by Gasteiger charge is 2.39. The molecule has 1 heterocycles. The van der Waals surface area contributed by atoms with Gasteiger partial charge in [0.15, 0.2) is 9.90 Å². The summed E-state index contributed by atoms with van der Waals surface area (Å²) in [6.45, 7) is 0. The number of halogens is 5. The molecule has 0 aliphatic heterocycles. The summed E-state index contributed by atoms with van der Waals surface area (Å²) in [7, 11) is 0. The quantitative estimate of drug-likeness (QED) is 0.810. The predicted molar refractivity (Wildman–Crippen MR) is 59.6 cm³/mol. The zero-order chi connectivity index (χ0) is 10.2. The number of hydrogen-bond acceptors (Lipinski definition) is 2. The third-order valence-corrected chi connectivity index (χ3v) is 4.32. The van der Waals surface area contributed by atoms with Crippen molar-refractivity contribution in [3.63, 3.8) is 0 Å². The van der Waals surface area contributed by atoms with Gasteiger partial charge < -0.3 is 5.11 Å². The van der Waals surface area contributed by atoms with Gasteiger partial charge in [0.1, 0.15) is 4.34 Å². The van der Waals surface area contributed by atoms with Crippen LogP contribution >= 0.6 is 69.3 Å². The van der Waals surface area contributed by atoms with Gasteiger partial charge in [0, 0.05) is 10.9 Å². The Hall–Kier alpha value is 1.11. The lowest BCUT2D eigenvalue weighted by atomic mass is 10.2. The summed E-state index contributed by atoms with van der Waals surface area (Å²) in [6.07, 6.45) is 0. The highest BCUT2D eigenvalue weighted by molar-refractivity contribution is 7.15. The molecule has 0 aromatic carbocycles. The molecule has 13 heavy (non-hydrogen) atoms. The van der Waals surface area contributed by atoms with E-state index in [2.05, 4.69) is 0 Å². The number of rotatable bonds is 2. The summed E-state index contributed by atoms with van der Waals surface area (Å²) in [5.74, 6) is 0. The minimum absolute atomic E-state index is 0.242. The monoisotopic (exact) mass is 298 g/mol. The van der Waals surface area contributed by atoms with E-state index in [4.69, 9.17) is 63.1 Å². The molecular formula is C6H3Cl5OS. The van der Waals surface area contributed by atoms with E-state index in [-0.39, 0.29) is 5.56 Å². The van der Waals surface area contributed by atoms with Crippen LogP contribution in [0.5, 0.6) is 0 Å². The van der Waals surface area contributed by atoms with Crippen molar-refractivity contribution in [1.29, 1.82) is 0 Å². The van der Waals surface area contributed by atoms with Crippen molar-refractivity contribution in [2.45, 2.75) is 9.90 Å². The molecular weight excluding hydrogens is 297 g/mol. The number of aliphatic hydroxyl groups excluding tert-OH is 1. The van der Waals surface area contributed by atoms with E-state index >= 15 is 0 Å². The first-order valence-corrected chi connectivity index (χ1v) is 5.83. The van der Waals surface area contributed by atoms with E-state index < -0.39 is 9.90 Å². The SMILES string of the molecule is OC(Cl)C(Cl)(Cl)c1c(Cl)csc1Cl. The Labute approximate surface area is 104 Å². The first-order valence-electron chi connectivity index (χ1n) is 3.00. The van der Waals surface area contributed by atoms with E-state index in [1.807, 2.05) is 0 Å². The second kappa shape index (κ2) is 4.31. The van der Waals surface area contributed by atoms with Crippen LogP contribution in [-0.4, -0.2) is 10.7 Å². The molecule has 0 spiro atoms. The lowest BCUT2D eigenvalue weighted by Crippen LogP contribution is -2.23. The molecule has 0 aliphatic carbocycles. The van der Waals surface area contributed by atoms with Crippen molar-refractivity contribution >= 4 is 69.3 Å². The molecule has 0 fully saturated rings. The smallest absolute Gasteiger partial charge is 0.186 e. The van der Waals surface area contributed by atoms with Crippen molar-refractivity contribution in [3.05, 3.63) is 20.3 Å². The molecule has 0 saturated carbocycles. The van der Waals surface area contributed by atoms with Crippen LogP contribution in [0, 0.1) is 0 Å². The fourth-order valence-corrected chi connectivity index (χ4v) is 3.11. The van der Waals surface area contributed by atoms with Crippen molar-refractivity contribution < 1.29 is 5.11 Å². The lowest BCUT2D eigenvalue weighted by molar-refractivity contribution is 0.237. The number of thiophene rings is 1. The van der Waals surface area contributed by atoms with Gasteiger partial charge in [-0.25, -0.2) is 0 Å². The highest BCUT2D eigenvalue weighted by Crippen LogP contribution is 2.48. The maximum atomic E-state index is 9.09. The Morgan fingerprint density at radius 2 is 1.92 bits per heavy atom. The number of aliphatic hydroxyl groups is 1. The van der Waals surface area contributed by atoms with Gasteiger partial charge in [-0.05, 0) is 0 Å². The zero-order valence-electron chi connectivity index (χ0n) is 5.90. The highest BCUT2D eigenvalue weighted by atomic mass is 35.5. The first kappa shape index (κ1) is 12.2. The van der Waals surface area contributed by atoms with Gasteiger partial charge in [0.25, 0.3) is 0 Å². The Morgan fingerprint density at radius 3 is 2.23 bits per heavy atom. The molecule has 0 saturated heterocycles. The third-order valence-electron chi connectivity index (χ3n) is 1.33. The van der Waals surface area contributed by atoms with Crippen LogP contribution in [0.15, 0.2) is 5.38 Å². The second-order valence-corrected chi connectivity index (χ2v) is 5.88. The molecule has 0 aliphatic rings. The van der Waals surface area contributed by atoms with Gasteiger partial charge in [0.2, 0.25) is 0 Å². The average Bonchev–Trinajstić information content (AvgIpc) is 2.30. The van der Waals surface area contributed by atoms with Crippen molar-refractivity contribution in [2.24, 2.45) is 0 Å². The average molecular weight is 300 g/mol. The molecule has 0 amide bonds. The van der Waals surface area contributed by atoms with Crippen LogP contribution < -0.4 is 0 Å². The topological polar surface area (TPSA) is 20.2 Å². The molecule has 0 bridgehead atoms. The van der Waals surface area contributed by atoms with Crippen LogP contribution in [0.4, 0.5) is 0 Å². The largest absolute Gasteiger partial charge is 0.374 e. The van der Waals surface area contributed by atoms with Gasteiger partial charge >= 0.3 is 0 Å². The predicted octanol–water partition coefficient (Wildman–Crippen LogP) is 4.24. The van der Waals surface area contributed by atoms with E-state index in [0.717, 1.165) is 0 Å². The fourth-order valence-electron chi connectivity index (χ4n) is 0.725. The number of hydrogen-bond donors (Lipinski definition) is 1. The van der Waals surface area contributed by atoms with E-state index in [1.165, 1.54) is 11.3 Å². The Kier molecular flexibility index (Phi) is 4.04. The molecule has 0 radical (unpaired) electrons. The molecule has 1 rings (SSSR count). The molecule has 1 unspecified atom stereocenters. The van der Waals surface area contributed by atoms with Gasteiger partial charge in [0.05, 0.1) is 5.02 Å². The normalized spacial score (nSPS) is 14.6. The van der Waals surface area contributed by atoms with Crippen LogP contribution in [0.2, 0.25) is 9.36 Å². The van der Waals surface area contributed by atoms with Crippen LogP contribution in [0.25, 0.3) is 0 Å². The van der Waals surface area contributed by atoms with Crippen LogP contribution in [0.3, 0.4) is 0 Å². The summed E-state index contributed by atoms with van der Waals surface area (Å²) >= 11 is 29.6. The van der Waals surface area contributed by atoms with Crippen molar-refractivity contribution in [1.82, 2.24) is 0 Å². The summed E-state index contributed by atoms with van der Waals surface area (Å²) in [5, 5.41) is 10.9. The van der Waals surface area contributed by atoms with E-state index in [1.54, 1.807) is 5.38 Å². The van der Waals surface area contributed by atoms with Crippen LogP contribution in [-0.2, 0) is 4.33 Å². The van der Waals surface area contributed by atoms with Gasteiger partial charge in [-0.3, -0.25) is 0 Å². The van der Waals surface area contributed by atoms with Gasteiger partial charge in [-0.15, -0.1) is 11.3 Å². The summed E-state index contributed by atoms with van der Waals surface area (Å²) in [6, 6.07) is 0. The molecule has 74 valence electrons. The van der Waals surface area contributed by atoms with Crippen molar-refractivity contribution in [2.75, 3.05) is 0 Å². The lowest BCUT2D eigenvalue weighted by Gasteiger charge is -2.21. The maximum absolute atomic E-state index is 9.09. The summed E-state index contributed by atoms with van der Waals surface area (Å²) in [4.78, 5) is 0. The van der Waals surface area contributed by atoms with Crippen molar-refractivity contribution in [3.8, 4) is 0 Å². The second-order valence-electron chi connectivity index (χ2n) is 2.19. The third kappa shape index (κ3) is 2.37. The molecule has 1 nitrogen and oxygen atoms in total. The van der Waals surface area contributed by atoms with Gasteiger partial charge in [-0.1, -0.05) is 58.0 Å². The fraction of sp³-hybridized carbons (Fsp3) is 0.333. The Balaban J connectivity index is 3.20. The zero-order valence-corrected chi connectivity index (χ0v) is 10.5.